The maximum Gasteiger partial charge on any atom is 0.146 e. The Morgan fingerprint density at radius 3 is 1.67 bits per heavy atom. The van der Waals surface area contributed by atoms with E-state index in [2.05, 4.69) is 21.2 Å². The van der Waals surface area contributed by atoms with E-state index < -0.39 is 6.49 Å². The van der Waals surface area contributed by atoms with Crippen LogP contribution in [0, 0.1) is 24.7 Å². The van der Waals surface area contributed by atoms with Gasteiger partial charge in [-0.3, -0.25) is 4.67 Å². The summed E-state index contributed by atoms with van der Waals surface area (Å²) in [5.74, 6) is 5.46. The fourth-order valence-electron chi connectivity index (χ4n) is 1.92. The predicted octanol–water partition coefficient (Wildman–Crippen LogP) is 0.653. The third-order valence-electron chi connectivity index (χ3n) is 2.79. The topological polar surface area (TPSA) is 9.72 Å². The van der Waals surface area contributed by atoms with Crippen molar-refractivity contribution in [3.63, 3.8) is 0 Å². The molecule has 1 saturated heterocycles. The summed E-state index contributed by atoms with van der Waals surface area (Å²) < 4.78 is 6.17. The van der Waals surface area contributed by atoms with Crippen molar-refractivity contribution in [1.82, 2.24) is 14.0 Å². The van der Waals surface area contributed by atoms with Crippen LogP contribution in [0.4, 0.5) is 0 Å². The molecule has 1 rings (SSSR count). The van der Waals surface area contributed by atoms with E-state index >= 15 is 0 Å². The maximum atomic E-state index is 5.72. The predicted molar refractivity (Wildman–Crippen MR) is 68.7 cm³/mol. The van der Waals surface area contributed by atoms with Crippen molar-refractivity contribution in [3.8, 4) is 24.7 Å². The van der Waals surface area contributed by atoms with Crippen LogP contribution < -0.4 is 0 Å². The number of terminal acetylenes is 2. The zero-order chi connectivity index (χ0) is 11.8. The lowest BCUT2D eigenvalue weighted by Gasteiger charge is -2.35. The summed E-state index contributed by atoms with van der Waals surface area (Å²) in [6, 6.07) is -0.179. The van der Waals surface area contributed by atoms with Crippen molar-refractivity contribution in [2.75, 3.05) is 28.2 Å². The standard InChI is InChI=1S/C10H16N3PS/c1-7-9-10(8-2)13(6)14(15,11(3)4)12(9)5/h1-2,9-10H,3-6H3. The summed E-state index contributed by atoms with van der Waals surface area (Å²) in [6.07, 6.45) is 11.0. The molecule has 3 nitrogen and oxygen atoms in total. The molecule has 0 aromatic carbocycles. The Labute approximate surface area is 97.6 Å². The second-order valence-electron chi connectivity index (χ2n) is 3.73. The van der Waals surface area contributed by atoms with Gasteiger partial charge in [-0.2, -0.15) is 0 Å². The number of hydrogen-bond acceptors (Lipinski definition) is 1. The molecule has 2 unspecified atom stereocenters. The summed E-state index contributed by atoms with van der Waals surface area (Å²) in [4.78, 5) is 0. The molecule has 0 aromatic heterocycles. The second-order valence-corrected chi connectivity index (χ2v) is 8.29. The normalized spacial score (nSPS) is 37.8. The van der Waals surface area contributed by atoms with Crippen molar-refractivity contribution in [3.05, 3.63) is 0 Å². The van der Waals surface area contributed by atoms with Crippen molar-refractivity contribution < 1.29 is 0 Å². The van der Waals surface area contributed by atoms with E-state index in [1.807, 2.05) is 32.9 Å². The largest absolute Gasteiger partial charge is 0.258 e. The van der Waals surface area contributed by atoms with Gasteiger partial charge in [0, 0.05) is 0 Å². The molecule has 1 aliphatic heterocycles. The first-order valence-corrected chi connectivity index (χ1v) is 7.24. The lowest BCUT2D eigenvalue weighted by Crippen LogP contribution is -2.32. The van der Waals surface area contributed by atoms with E-state index in [0.717, 1.165) is 0 Å². The van der Waals surface area contributed by atoms with Crippen molar-refractivity contribution in [2.24, 2.45) is 0 Å². The molecule has 5 heteroatoms. The molecule has 1 aliphatic rings. The summed E-state index contributed by atoms with van der Waals surface area (Å²) in [6.45, 7) is -1.92. The monoisotopic (exact) mass is 241 g/mol. The first-order valence-electron chi connectivity index (χ1n) is 4.58. The minimum absolute atomic E-state index is 0.0896. The summed E-state index contributed by atoms with van der Waals surface area (Å²) in [5, 5.41) is 0. The third kappa shape index (κ3) is 1.64. The molecule has 1 heterocycles. The molecule has 15 heavy (non-hydrogen) atoms. The van der Waals surface area contributed by atoms with Gasteiger partial charge in [0.05, 0.1) is 0 Å². The van der Waals surface area contributed by atoms with Gasteiger partial charge in [0.25, 0.3) is 0 Å². The van der Waals surface area contributed by atoms with Crippen molar-refractivity contribution in [2.45, 2.75) is 12.1 Å². The number of hydrogen-bond donors (Lipinski definition) is 0. The van der Waals surface area contributed by atoms with E-state index in [4.69, 9.17) is 24.7 Å². The summed E-state index contributed by atoms with van der Waals surface area (Å²) in [5.41, 5.74) is 0. The molecule has 2 atom stereocenters. The Morgan fingerprint density at radius 1 is 1.13 bits per heavy atom. The Bertz CT molecular complexity index is 349. The van der Waals surface area contributed by atoms with Crippen LogP contribution in [0.1, 0.15) is 0 Å². The van der Waals surface area contributed by atoms with Gasteiger partial charge in [-0.1, -0.05) is 11.8 Å². The van der Waals surface area contributed by atoms with E-state index in [0.29, 0.717) is 0 Å². The van der Waals surface area contributed by atoms with Gasteiger partial charge in [-0.25, -0.2) is 9.34 Å². The minimum atomic E-state index is -1.92. The fraction of sp³-hybridized carbons (Fsp3) is 0.600. The molecular formula is C10H16N3PS. The first-order chi connectivity index (χ1) is 6.91. The van der Waals surface area contributed by atoms with Gasteiger partial charge in [-0.05, 0) is 40.0 Å². The highest BCUT2D eigenvalue weighted by Gasteiger charge is 2.47. The highest BCUT2D eigenvalue weighted by atomic mass is 32.4. The van der Waals surface area contributed by atoms with E-state index in [1.54, 1.807) is 0 Å². The maximum absolute atomic E-state index is 5.72. The minimum Gasteiger partial charge on any atom is -0.258 e. The van der Waals surface area contributed by atoms with Crippen LogP contribution in [0.25, 0.3) is 0 Å². The van der Waals surface area contributed by atoms with Gasteiger partial charge in [0.1, 0.15) is 18.6 Å². The quantitative estimate of drug-likeness (QED) is 0.492. The smallest absolute Gasteiger partial charge is 0.146 e. The van der Waals surface area contributed by atoms with Crippen LogP contribution in [0.2, 0.25) is 0 Å². The molecule has 82 valence electrons. The van der Waals surface area contributed by atoms with Crippen molar-refractivity contribution in [1.29, 1.82) is 0 Å². The molecule has 0 N–H and O–H groups in total. The number of likely N-dealkylation sites (N-methyl/N-ethyl adjacent to an activating group) is 2. The number of nitrogens with zero attached hydrogens (tertiary/aromatic N) is 3. The van der Waals surface area contributed by atoms with E-state index in [1.165, 1.54) is 0 Å². The SMILES string of the molecule is C#CC1C(C#C)N(C)P(=S)(N(C)C)N1C. The molecule has 0 bridgehead atoms. The molecule has 0 saturated carbocycles. The van der Waals surface area contributed by atoms with Gasteiger partial charge < -0.3 is 0 Å². The Hall–Kier alpha value is -0.350. The van der Waals surface area contributed by atoms with Gasteiger partial charge >= 0.3 is 0 Å². The van der Waals surface area contributed by atoms with E-state index in [9.17, 15) is 0 Å². The highest BCUT2D eigenvalue weighted by Crippen LogP contribution is 2.60. The van der Waals surface area contributed by atoms with E-state index in [-0.39, 0.29) is 12.1 Å². The third-order valence-corrected chi connectivity index (χ3v) is 8.50. The lowest BCUT2D eigenvalue weighted by molar-refractivity contribution is 0.423. The van der Waals surface area contributed by atoms with Crippen molar-refractivity contribution >= 4 is 18.3 Å². The Balaban J connectivity index is 3.23. The van der Waals surface area contributed by atoms with Crippen LogP contribution in [0.5, 0.6) is 0 Å². The zero-order valence-corrected chi connectivity index (χ0v) is 11.2. The second kappa shape index (κ2) is 4.26. The lowest BCUT2D eigenvalue weighted by atomic mass is 10.1. The van der Waals surface area contributed by atoms with Crippen LogP contribution in [0.15, 0.2) is 0 Å². The molecule has 0 aromatic rings. The highest BCUT2D eigenvalue weighted by molar-refractivity contribution is 8.11. The summed E-state index contributed by atoms with van der Waals surface area (Å²) in [7, 11) is 7.86. The molecule has 0 spiro atoms. The average molecular weight is 241 g/mol. The molecule has 1 fully saturated rings. The molecule has 0 aliphatic carbocycles. The van der Waals surface area contributed by atoms with Crippen LogP contribution >= 0.6 is 6.49 Å². The molecule has 0 amide bonds. The molecule has 0 radical (unpaired) electrons. The van der Waals surface area contributed by atoms with Gasteiger partial charge in [-0.15, -0.1) is 12.8 Å². The Kier molecular flexibility index (Phi) is 3.61. The van der Waals surface area contributed by atoms with Crippen LogP contribution in [-0.4, -0.2) is 54.3 Å². The average Bonchev–Trinajstić information content (AvgIpc) is 2.39. The first kappa shape index (κ1) is 12.7. The van der Waals surface area contributed by atoms with Gasteiger partial charge in [0.15, 0.2) is 0 Å². The van der Waals surface area contributed by atoms with Gasteiger partial charge in [0.2, 0.25) is 0 Å². The summed E-state index contributed by atoms with van der Waals surface area (Å²) >= 11 is 5.72. The molecular weight excluding hydrogens is 225 g/mol. The fourth-order valence-corrected chi connectivity index (χ4v) is 5.14. The Morgan fingerprint density at radius 2 is 1.47 bits per heavy atom. The van der Waals surface area contributed by atoms with Crippen LogP contribution in [-0.2, 0) is 11.8 Å². The zero-order valence-electron chi connectivity index (χ0n) is 9.51. The number of rotatable bonds is 1. The van der Waals surface area contributed by atoms with Crippen LogP contribution in [0.3, 0.4) is 0 Å².